The summed E-state index contributed by atoms with van der Waals surface area (Å²) in [6.07, 6.45) is 3.12. The number of carbonyl (C=O) groups is 4. The lowest BCUT2D eigenvalue weighted by Gasteiger charge is -2.10. The Labute approximate surface area is 221 Å². The molecule has 0 fully saturated rings. The molecule has 0 aliphatic carbocycles. The Morgan fingerprint density at radius 2 is 1.67 bits per heavy atom. The number of nitrogens with one attached hydrogen (secondary N) is 3. The lowest BCUT2D eigenvalue weighted by Crippen LogP contribution is -2.30. The molecule has 5 N–H and O–H groups in total. The highest BCUT2D eigenvalue weighted by atomic mass is 16.6. The number of rotatable bonds is 9. The van der Waals surface area contributed by atoms with Crippen molar-refractivity contribution in [2.24, 2.45) is 26.9 Å². The van der Waals surface area contributed by atoms with Crippen LogP contribution in [0.5, 0.6) is 0 Å². The highest BCUT2D eigenvalue weighted by Crippen LogP contribution is 2.28. The van der Waals surface area contributed by atoms with Gasteiger partial charge in [-0.3, -0.25) is 29.3 Å². The Kier molecular flexibility index (Phi) is 7.20. The van der Waals surface area contributed by atoms with Gasteiger partial charge in [0.1, 0.15) is 17.1 Å². The number of benzene rings is 1. The Bertz CT molecular complexity index is 1640. The molecular weight excluding hydrogens is 508 g/mol. The fourth-order valence-corrected chi connectivity index (χ4v) is 4.26. The second-order valence-electron chi connectivity index (χ2n) is 8.85. The summed E-state index contributed by atoms with van der Waals surface area (Å²) in [6, 6.07) is 9.08. The molecule has 0 saturated heterocycles. The SMILES string of the molecule is Cn1cc(NC(=O)c2cc3c([N+](=O)[O-])cccc3n2C)cc1C(=O)Nc1ccn(C)c1C(=O)NCCC(N)=O. The van der Waals surface area contributed by atoms with Crippen LogP contribution < -0.4 is 21.7 Å². The summed E-state index contributed by atoms with van der Waals surface area (Å²) in [4.78, 5) is 60.5. The number of fused-ring (bicyclic) bond motifs is 1. The van der Waals surface area contributed by atoms with Crippen molar-refractivity contribution >= 4 is 51.6 Å². The molecule has 14 heteroatoms. The number of aryl methyl sites for hydroxylation is 3. The van der Waals surface area contributed by atoms with Gasteiger partial charge in [0.05, 0.1) is 27.2 Å². The van der Waals surface area contributed by atoms with E-state index in [0.29, 0.717) is 16.6 Å². The number of primary amides is 1. The summed E-state index contributed by atoms with van der Waals surface area (Å²) >= 11 is 0. The molecular formula is C25H26N8O6. The highest BCUT2D eigenvalue weighted by Gasteiger charge is 2.22. The first-order chi connectivity index (χ1) is 18.5. The number of non-ortho nitro benzene ring substituents is 1. The van der Waals surface area contributed by atoms with E-state index < -0.39 is 28.6 Å². The second kappa shape index (κ2) is 10.5. The van der Waals surface area contributed by atoms with Gasteiger partial charge in [0.25, 0.3) is 23.4 Å². The predicted octanol–water partition coefficient (Wildman–Crippen LogP) is 1.87. The van der Waals surface area contributed by atoms with E-state index in [9.17, 15) is 29.3 Å². The van der Waals surface area contributed by atoms with Gasteiger partial charge in [-0.05, 0) is 24.3 Å². The Morgan fingerprint density at radius 3 is 2.36 bits per heavy atom. The molecule has 1 aromatic carbocycles. The van der Waals surface area contributed by atoms with Crippen LogP contribution in [0.2, 0.25) is 0 Å². The number of hydrogen-bond donors (Lipinski definition) is 4. The van der Waals surface area contributed by atoms with Crippen LogP contribution in [0.15, 0.2) is 48.8 Å². The molecule has 4 rings (SSSR count). The van der Waals surface area contributed by atoms with Gasteiger partial charge in [-0.15, -0.1) is 0 Å². The van der Waals surface area contributed by atoms with Crippen LogP contribution in [0, 0.1) is 10.1 Å². The van der Waals surface area contributed by atoms with Crippen molar-refractivity contribution in [1.82, 2.24) is 19.0 Å². The fourth-order valence-electron chi connectivity index (χ4n) is 4.26. The molecule has 3 heterocycles. The van der Waals surface area contributed by atoms with Crippen molar-refractivity contribution in [2.75, 3.05) is 17.2 Å². The van der Waals surface area contributed by atoms with Gasteiger partial charge >= 0.3 is 0 Å². The minimum Gasteiger partial charge on any atom is -0.370 e. The molecule has 202 valence electrons. The molecule has 3 aromatic heterocycles. The van der Waals surface area contributed by atoms with Crippen LogP contribution in [0.4, 0.5) is 17.1 Å². The number of nitrogens with zero attached hydrogens (tertiary/aromatic N) is 4. The first kappa shape index (κ1) is 26.7. The maximum absolute atomic E-state index is 13.0. The zero-order valence-electron chi connectivity index (χ0n) is 21.3. The van der Waals surface area contributed by atoms with Crippen LogP contribution in [0.25, 0.3) is 10.9 Å². The number of nitro groups is 1. The van der Waals surface area contributed by atoms with Crippen LogP contribution in [0.1, 0.15) is 37.9 Å². The van der Waals surface area contributed by atoms with E-state index in [-0.39, 0.29) is 41.4 Å². The van der Waals surface area contributed by atoms with Gasteiger partial charge in [-0.25, -0.2) is 0 Å². The van der Waals surface area contributed by atoms with E-state index in [0.717, 1.165) is 0 Å². The molecule has 0 radical (unpaired) electrons. The van der Waals surface area contributed by atoms with Crippen molar-refractivity contribution in [1.29, 1.82) is 0 Å². The predicted molar refractivity (Wildman–Crippen MR) is 142 cm³/mol. The van der Waals surface area contributed by atoms with E-state index in [4.69, 9.17) is 5.73 Å². The first-order valence-electron chi connectivity index (χ1n) is 11.7. The van der Waals surface area contributed by atoms with Crippen molar-refractivity contribution < 1.29 is 24.1 Å². The largest absolute Gasteiger partial charge is 0.370 e. The molecule has 0 aliphatic heterocycles. The number of anilines is 2. The van der Waals surface area contributed by atoms with Gasteiger partial charge in [0.15, 0.2) is 0 Å². The number of nitro benzene ring substituents is 1. The third-order valence-electron chi connectivity index (χ3n) is 6.18. The molecule has 0 aliphatic rings. The maximum atomic E-state index is 13.0. The molecule has 4 aromatic rings. The molecule has 0 bridgehead atoms. The minimum absolute atomic E-state index is 0.0224. The lowest BCUT2D eigenvalue weighted by molar-refractivity contribution is -0.383. The van der Waals surface area contributed by atoms with Crippen molar-refractivity contribution in [2.45, 2.75) is 6.42 Å². The van der Waals surface area contributed by atoms with Crippen LogP contribution in [0.3, 0.4) is 0 Å². The summed E-state index contributed by atoms with van der Waals surface area (Å²) in [7, 11) is 4.88. The first-order valence-corrected chi connectivity index (χ1v) is 11.7. The van der Waals surface area contributed by atoms with Crippen molar-refractivity contribution in [3.63, 3.8) is 0 Å². The normalized spacial score (nSPS) is 10.8. The number of nitrogens with two attached hydrogens (primary N) is 1. The molecule has 0 atom stereocenters. The Balaban J connectivity index is 1.51. The van der Waals surface area contributed by atoms with E-state index in [1.54, 1.807) is 56.3 Å². The van der Waals surface area contributed by atoms with Crippen molar-refractivity contribution in [3.05, 3.63) is 76.0 Å². The van der Waals surface area contributed by atoms with E-state index >= 15 is 0 Å². The smallest absolute Gasteiger partial charge is 0.278 e. The summed E-state index contributed by atoms with van der Waals surface area (Å²) in [6.45, 7) is 0.0532. The molecule has 0 unspecified atom stereocenters. The average Bonchev–Trinajstić information content (AvgIpc) is 3.53. The van der Waals surface area contributed by atoms with E-state index in [1.165, 1.54) is 27.3 Å². The van der Waals surface area contributed by atoms with Gasteiger partial charge in [-0.1, -0.05) is 6.07 Å². The number of hydrogen-bond acceptors (Lipinski definition) is 6. The zero-order chi connectivity index (χ0) is 28.4. The monoisotopic (exact) mass is 534 g/mol. The van der Waals surface area contributed by atoms with Gasteiger partial charge in [-0.2, -0.15) is 0 Å². The second-order valence-corrected chi connectivity index (χ2v) is 8.85. The number of carbonyl (C=O) groups excluding carboxylic acids is 4. The van der Waals surface area contributed by atoms with Gasteiger partial charge in [0, 0.05) is 52.6 Å². The zero-order valence-corrected chi connectivity index (χ0v) is 21.3. The topological polar surface area (TPSA) is 188 Å². The van der Waals surface area contributed by atoms with Crippen LogP contribution in [-0.4, -0.2) is 48.8 Å². The minimum atomic E-state index is -0.552. The van der Waals surface area contributed by atoms with Crippen LogP contribution in [-0.2, 0) is 25.9 Å². The quantitative estimate of drug-likeness (QED) is 0.187. The van der Waals surface area contributed by atoms with Crippen LogP contribution >= 0.6 is 0 Å². The van der Waals surface area contributed by atoms with E-state index in [1.807, 2.05) is 0 Å². The fraction of sp³-hybridized carbons (Fsp3) is 0.200. The number of amides is 4. The molecule has 39 heavy (non-hydrogen) atoms. The summed E-state index contributed by atoms with van der Waals surface area (Å²) < 4.78 is 4.59. The van der Waals surface area contributed by atoms with Gasteiger partial charge < -0.3 is 35.4 Å². The summed E-state index contributed by atoms with van der Waals surface area (Å²) in [5.41, 5.74) is 6.67. The number of aromatic nitrogens is 3. The maximum Gasteiger partial charge on any atom is 0.278 e. The molecule has 14 nitrogen and oxygen atoms in total. The standard InChI is InChI=1S/C25H26N8O6/c1-30-10-8-16(22(30)25(37)27-9-7-21(26)34)29-23(35)19-11-14(13-31(19)2)28-24(36)20-12-15-17(32(20)3)5-4-6-18(15)33(38)39/h4-6,8,10-13H,7,9H2,1-3H3,(H2,26,34)(H,27,37)(H,28,36)(H,29,35). The molecule has 0 spiro atoms. The van der Waals surface area contributed by atoms with Gasteiger partial charge in [0.2, 0.25) is 5.91 Å². The lowest BCUT2D eigenvalue weighted by atomic mass is 10.2. The van der Waals surface area contributed by atoms with Crippen molar-refractivity contribution in [3.8, 4) is 0 Å². The third kappa shape index (κ3) is 5.34. The highest BCUT2D eigenvalue weighted by molar-refractivity contribution is 6.10. The van der Waals surface area contributed by atoms with E-state index in [2.05, 4.69) is 16.0 Å². The Hall–Kier alpha value is -5.40. The molecule has 4 amide bonds. The summed E-state index contributed by atoms with van der Waals surface area (Å²) in [5, 5.41) is 19.7. The summed E-state index contributed by atoms with van der Waals surface area (Å²) in [5.74, 6) is -2.09. The third-order valence-corrected chi connectivity index (χ3v) is 6.18. The molecule has 0 saturated carbocycles. The Morgan fingerprint density at radius 1 is 0.949 bits per heavy atom. The average molecular weight is 535 g/mol.